The quantitative estimate of drug-likeness (QED) is 0.350. The van der Waals surface area contributed by atoms with Gasteiger partial charge < -0.3 is 16.3 Å². The number of hydrogen-bond donors (Lipinski definition) is 3. The first-order valence-corrected chi connectivity index (χ1v) is 6.61. The molecule has 0 bridgehead atoms. The van der Waals surface area contributed by atoms with Gasteiger partial charge in [-0.25, -0.2) is 0 Å². The van der Waals surface area contributed by atoms with Crippen LogP contribution in [0, 0.1) is 0 Å². The summed E-state index contributed by atoms with van der Waals surface area (Å²) in [5, 5.41) is 14.9. The Morgan fingerprint density at radius 3 is 2.62 bits per heavy atom. The lowest BCUT2D eigenvalue weighted by Gasteiger charge is -2.08. The molecule has 0 fully saturated rings. The van der Waals surface area contributed by atoms with Crippen LogP contribution < -0.4 is 11.1 Å². The van der Waals surface area contributed by atoms with Crippen LogP contribution in [0.5, 0.6) is 0 Å². The van der Waals surface area contributed by atoms with Gasteiger partial charge in [0.05, 0.1) is 10.6 Å². The molecule has 4 N–H and O–H groups in total. The van der Waals surface area contributed by atoms with Crippen molar-refractivity contribution in [1.29, 1.82) is 0 Å². The number of nitrogens with two attached hydrogens (primary N) is 1. The molecule has 0 aliphatic carbocycles. The van der Waals surface area contributed by atoms with E-state index in [2.05, 4.69) is 10.5 Å². The van der Waals surface area contributed by atoms with E-state index >= 15 is 0 Å². The summed E-state index contributed by atoms with van der Waals surface area (Å²) in [5.74, 6) is -0.427. The highest BCUT2D eigenvalue weighted by atomic mass is 35.5. The summed E-state index contributed by atoms with van der Waals surface area (Å²) in [5.41, 5.74) is 6.78. The number of benzene rings is 2. The minimum Gasteiger partial charge on any atom is -0.409 e. The normalized spacial score (nSPS) is 11.2. The molecule has 0 saturated carbocycles. The molecule has 7 heteroatoms. The molecule has 2 rings (SSSR count). The minimum atomic E-state index is -0.381. The molecule has 0 atom stereocenters. The number of carbonyl (C=O) groups excluding carboxylic acids is 1. The van der Waals surface area contributed by atoms with Crippen LogP contribution in [0.2, 0.25) is 10.0 Å². The molecular formula is C14H11Cl2N3O2. The summed E-state index contributed by atoms with van der Waals surface area (Å²) >= 11 is 11.8. The Hall–Kier alpha value is -2.24. The second kappa shape index (κ2) is 6.47. The number of halogens is 2. The van der Waals surface area contributed by atoms with Crippen LogP contribution in [0.4, 0.5) is 5.69 Å². The van der Waals surface area contributed by atoms with Gasteiger partial charge in [-0.2, -0.15) is 0 Å². The molecule has 0 unspecified atom stereocenters. The Balaban J connectivity index is 2.23. The third kappa shape index (κ3) is 3.65. The Bertz CT molecular complexity index is 717. The number of amidine groups is 1. The Kier molecular flexibility index (Phi) is 4.67. The maximum absolute atomic E-state index is 12.1. The topological polar surface area (TPSA) is 87.7 Å². The van der Waals surface area contributed by atoms with Gasteiger partial charge in [0.2, 0.25) is 0 Å². The van der Waals surface area contributed by atoms with Gasteiger partial charge in [0, 0.05) is 16.3 Å². The number of oxime groups is 1. The van der Waals surface area contributed by atoms with E-state index in [4.69, 9.17) is 34.1 Å². The second-order valence-corrected chi connectivity index (χ2v) is 4.99. The van der Waals surface area contributed by atoms with Gasteiger partial charge in [-0.1, -0.05) is 40.5 Å². The zero-order valence-corrected chi connectivity index (χ0v) is 12.2. The van der Waals surface area contributed by atoms with Gasteiger partial charge >= 0.3 is 0 Å². The van der Waals surface area contributed by atoms with Crippen molar-refractivity contribution in [2.75, 3.05) is 5.32 Å². The van der Waals surface area contributed by atoms with Gasteiger partial charge in [0.15, 0.2) is 5.84 Å². The van der Waals surface area contributed by atoms with E-state index in [1.165, 1.54) is 12.1 Å². The minimum absolute atomic E-state index is 0.0457. The van der Waals surface area contributed by atoms with Crippen molar-refractivity contribution >= 4 is 40.6 Å². The number of hydrogen-bond acceptors (Lipinski definition) is 3. The lowest BCUT2D eigenvalue weighted by Crippen LogP contribution is -2.15. The number of carbonyl (C=O) groups is 1. The molecule has 0 aliphatic rings. The number of rotatable bonds is 3. The molecule has 1 amide bonds. The number of amides is 1. The van der Waals surface area contributed by atoms with E-state index in [0.717, 1.165) is 0 Å². The molecule has 0 aliphatic heterocycles. The van der Waals surface area contributed by atoms with Crippen molar-refractivity contribution < 1.29 is 10.0 Å². The van der Waals surface area contributed by atoms with Gasteiger partial charge in [-0.15, -0.1) is 0 Å². The van der Waals surface area contributed by atoms with Gasteiger partial charge in [-0.05, 0) is 30.3 Å². The van der Waals surface area contributed by atoms with E-state index in [1.54, 1.807) is 30.3 Å². The number of nitrogens with one attached hydrogen (secondary N) is 1. The molecule has 0 aromatic heterocycles. The molecule has 0 spiro atoms. The highest BCUT2D eigenvalue weighted by molar-refractivity contribution is 6.37. The van der Waals surface area contributed by atoms with Crippen LogP contribution in [-0.4, -0.2) is 17.0 Å². The van der Waals surface area contributed by atoms with Crippen LogP contribution in [-0.2, 0) is 0 Å². The van der Waals surface area contributed by atoms with Crippen molar-refractivity contribution in [2.24, 2.45) is 10.9 Å². The first kappa shape index (κ1) is 15.2. The average molecular weight is 324 g/mol. The molecule has 2 aromatic carbocycles. The molecule has 0 heterocycles. The van der Waals surface area contributed by atoms with Crippen LogP contribution in [0.15, 0.2) is 47.6 Å². The van der Waals surface area contributed by atoms with Gasteiger partial charge in [-0.3, -0.25) is 4.79 Å². The fourth-order valence-electron chi connectivity index (χ4n) is 1.69. The predicted octanol–water partition coefficient (Wildman–Crippen LogP) is 3.34. The van der Waals surface area contributed by atoms with E-state index in [9.17, 15) is 4.79 Å². The molecule has 0 radical (unpaired) electrons. The van der Waals surface area contributed by atoms with E-state index in [1.807, 2.05) is 0 Å². The molecule has 0 saturated heterocycles. The summed E-state index contributed by atoms with van der Waals surface area (Å²) in [6.45, 7) is 0. The van der Waals surface area contributed by atoms with Crippen molar-refractivity contribution in [1.82, 2.24) is 0 Å². The predicted molar refractivity (Wildman–Crippen MR) is 83.4 cm³/mol. The zero-order chi connectivity index (χ0) is 15.4. The third-order valence-corrected chi connectivity index (χ3v) is 3.25. The lowest BCUT2D eigenvalue weighted by molar-refractivity contribution is 0.102. The van der Waals surface area contributed by atoms with Crippen LogP contribution in [0.1, 0.15) is 15.9 Å². The van der Waals surface area contributed by atoms with Crippen molar-refractivity contribution in [3.8, 4) is 0 Å². The molecule has 108 valence electrons. The largest absolute Gasteiger partial charge is 0.409 e. The standard InChI is InChI=1S/C14H11Cl2N3O2/c15-9-4-5-11(12(16)7-9)14(20)18-10-3-1-2-8(6-10)13(17)19-21/h1-7,21H,(H2,17,19)(H,18,20). The van der Waals surface area contributed by atoms with Crippen LogP contribution in [0.25, 0.3) is 0 Å². The fourth-order valence-corrected chi connectivity index (χ4v) is 2.18. The highest BCUT2D eigenvalue weighted by Crippen LogP contribution is 2.22. The smallest absolute Gasteiger partial charge is 0.257 e. The second-order valence-electron chi connectivity index (χ2n) is 4.14. The Labute approximate surface area is 131 Å². The summed E-state index contributed by atoms with van der Waals surface area (Å²) in [4.78, 5) is 12.1. The first-order valence-electron chi connectivity index (χ1n) is 5.85. The summed E-state index contributed by atoms with van der Waals surface area (Å²) in [6, 6.07) is 11.2. The van der Waals surface area contributed by atoms with Crippen LogP contribution >= 0.6 is 23.2 Å². The first-order chi connectivity index (χ1) is 10.0. The molecule has 21 heavy (non-hydrogen) atoms. The lowest BCUT2D eigenvalue weighted by atomic mass is 10.1. The van der Waals surface area contributed by atoms with Gasteiger partial charge in [0.1, 0.15) is 0 Å². The zero-order valence-electron chi connectivity index (χ0n) is 10.7. The number of anilines is 1. The SMILES string of the molecule is N/C(=N/O)c1cccc(NC(=O)c2ccc(Cl)cc2Cl)c1. The fraction of sp³-hybridized carbons (Fsp3) is 0. The number of nitrogens with zero attached hydrogens (tertiary/aromatic N) is 1. The Morgan fingerprint density at radius 2 is 1.95 bits per heavy atom. The van der Waals surface area contributed by atoms with Crippen molar-refractivity contribution in [2.45, 2.75) is 0 Å². The summed E-state index contributed by atoms with van der Waals surface area (Å²) in [6.07, 6.45) is 0. The van der Waals surface area contributed by atoms with Crippen LogP contribution in [0.3, 0.4) is 0 Å². The Morgan fingerprint density at radius 1 is 1.19 bits per heavy atom. The molecular weight excluding hydrogens is 313 g/mol. The van der Waals surface area contributed by atoms with Crippen molar-refractivity contribution in [3.63, 3.8) is 0 Å². The summed E-state index contributed by atoms with van der Waals surface area (Å²) < 4.78 is 0. The maximum Gasteiger partial charge on any atom is 0.257 e. The monoisotopic (exact) mass is 323 g/mol. The molecule has 2 aromatic rings. The molecule has 5 nitrogen and oxygen atoms in total. The van der Waals surface area contributed by atoms with Crippen molar-refractivity contribution in [3.05, 3.63) is 63.6 Å². The summed E-state index contributed by atoms with van der Waals surface area (Å²) in [7, 11) is 0. The van der Waals surface area contributed by atoms with E-state index < -0.39 is 0 Å². The maximum atomic E-state index is 12.1. The van der Waals surface area contributed by atoms with Gasteiger partial charge in [0.25, 0.3) is 5.91 Å². The third-order valence-electron chi connectivity index (χ3n) is 2.70. The highest BCUT2D eigenvalue weighted by Gasteiger charge is 2.11. The average Bonchev–Trinajstić information content (AvgIpc) is 2.46. The van der Waals surface area contributed by atoms with E-state index in [0.29, 0.717) is 21.8 Å². The van der Waals surface area contributed by atoms with E-state index in [-0.39, 0.29) is 16.8 Å².